The van der Waals surface area contributed by atoms with Crippen LogP contribution < -0.4 is 9.88 Å². The van der Waals surface area contributed by atoms with Gasteiger partial charge in [0.25, 0.3) is 0 Å². The molecule has 1 rings (SSSR count). The maximum Gasteiger partial charge on any atom is 0.216 e. The topological polar surface area (TPSA) is 25.1 Å². The first-order chi connectivity index (χ1) is 9.77. The molecule has 1 N–H and O–H groups in total. The molecular weight excluding hydrogens is 260 g/mol. The van der Waals surface area contributed by atoms with Gasteiger partial charge in [0.1, 0.15) is 19.0 Å². The fourth-order valence-corrected chi connectivity index (χ4v) is 2.20. The molecule has 0 aromatic carbocycles. The standard InChI is InChI=1S/C18H29N2O/c1-12(2)16-9-10-20(8)17(11-16)18(13(3)4)14(5)21-15(6)19-7/h9-12,15,19H,5H2,1-4,6-8H3/q+1. The zero-order valence-electron chi connectivity index (χ0n) is 14.4. The Balaban J connectivity index is 3.28. The van der Waals surface area contributed by atoms with E-state index in [4.69, 9.17) is 4.74 Å². The van der Waals surface area contributed by atoms with E-state index in [2.05, 4.69) is 69.5 Å². The molecule has 1 heterocycles. The van der Waals surface area contributed by atoms with Gasteiger partial charge in [-0.1, -0.05) is 26.0 Å². The predicted octanol–water partition coefficient (Wildman–Crippen LogP) is 3.52. The van der Waals surface area contributed by atoms with E-state index < -0.39 is 0 Å². The molecule has 0 spiro atoms. The normalized spacial score (nSPS) is 12.2. The first kappa shape index (κ1) is 17.4. The van der Waals surface area contributed by atoms with Crippen LogP contribution in [0, 0.1) is 0 Å². The summed E-state index contributed by atoms with van der Waals surface area (Å²) in [7, 11) is 3.93. The zero-order valence-corrected chi connectivity index (χ0v) is 14.4. The third kappa shape index (κ3) is 4.43. The Labute approximate surface area is 129 Å². The molecule has 0 aliphatic rings. The van der Waals surface area contributed by atoms with Crippen molar-refractivity contribution in [1.29, 1.82) is 0 Å². The summed E-state index contributed by atoms with van der Waals surface area (Å²) < 4.78 is 7.97. The fourth-order valence-electron chi connectivity index (χ4n) is 2.20. The first-order valence-electron chi connectivity index (χ1n) is 7.48. The second-order valence-corrected chi connectivity index (χ2v) is 5.96. The van der Waals surface area contributed by atoms with Gasteiger partial charge in [-0.15, -0.1) is 0 Å². The smallest absolute Gasteiger partial charge is 0.216 e. The van der Waals surface area contributed by atoms with Gasteiger partial charge >= 0.3 is 0 Å². The van der Waals surface area contributed by atoms with Gasteiger partial charge < -0.3 is 4.74 Å². The van der Waals surface area contributed by atoms with Crippen LogP contribution in [0.2, 0.25) is 0 Å². The minimum atomic E-state index is -0.0644. The van der Waals surface area contributed by atoms with E-state index in [1.165, 1.54) is 11.1 Å². The molecule has 0 aliphatic carbocycles. The number of nitrogens with zero attached hydrogens (tertiary/aromatic N) is 1. The Bertz CT molecular complexity index is 540. The van der Waals surface area contributed by atoms with Crippen LogP contribution in [0.3, 0.4) is 0 Å². The molecule has 0 amide bonds. The van der Waals surface area contributed by atoms with E-state index in [9.17, 15) is 0 Å². The van der Waals surface area contributed by atoms with Gasteiger partial charge in [0.2, 0.25) is 5.69 Å². The molecule has 116 valence electrons. The molecule has 1 aromatic heterocycles. The molecule has 0 aliphatic heterocycles. The van der Waals surface area contributed by atoms with Crippen LogP contribution >= 0.6 is 0 Å². The summed E-state index contributed by atoms with van der Waals surface area (Å²) in [5.41, 5.74) is 4.72. The molecule has 3 nitrogen and oxygen atoms in total. The molecule has 0 saturated carbocycles. The second-order valence-electron chi connectivity index (χ2n) is 5.96. The van der Waals surface area contributed by atoms with E-state index in [1.54, 1.807) is 0 Å². The summed E-state index contributed by atoms with van der Waals surface area (Å²) in [5, 5.41) is 3.07. The van der Waals surface area contributed by atoms with Gasteiger partial charge in [0, 0.05) is 12.1 Å². The average Bonchev–Trinajstić information content (AvgIpc) is 2.40. The highest BCUT2D eigenvalue weighted by molar-refractivity contribution is 5.75. The van der Waals surface area contributed by atoms with Crippen LogP contribution in [0.5, 0.6) is 0 Å². The zero-order chi connectivity index (χ0) is 16.2. The van der Waals surface area contributed by atoms with Crippen LogP contribution in [0.15, 0.2) is 36.2 Å². The van der Waals surface area contributed by atoms with Gasteiger partial charge in [-0.2, -0.15) is 0 Å². The predicted molar refractivity (Wildman–Crippen MR) is 88.7 cm³/mol. The number of pyridine rings is 1. The number of rotatable bonds is 6. The lowest BCUT2D eigenvalue weighted by Crippen LogP contribution is -2.34. The van der Waals surface area contributed by atoms with Crippen LogP contribution in [-0.2, 0) is 11.8 Å². The summed E-state index contributed by atoms with van der Waals surface area (Å²) >= 11 is 0. The number of nitrogens with one attached hydrogen (secondary N) is 1. The SMILES string of the molecule is C=C(OC(C)NC)C(=C(C)C)c1cc(C(C)C)cc[n+]1C. The lowest BCUT2D eigenvalue weighted by Gasteiger charge is -2.18. The van der Waals surface area contributed by atoms with E-state index in [0.717, 1.165) is 11.3 Å². The van der Waals surface area contributed by atoms with Gasteiger partial charge in [0.05, 0.1) is 5.57 Å². The van der Waals surface area contributed by atoms with Crippen molar-refractivity contribution in [3.8, 4) is 0 Å². The van der Waals surface area contributed by atoms with Gasteiger partial charge in [-0.3, -0.25) is 5.32 Å². The lowest BCUT2D eigenvalue weighted by atomic mass is 9.98. The van der Waals surface area contributed by atoms with Crippen molar-refractivity contribution in [3.05, 3.63) is 47.5 Å². The van der Waals surface area contributed by atoms with E-state index in [1.807, 2.05) is 14.0 Å². The van der Waals surface area contributed by atoms with Gasteiger partial charge in [-0.25, -0.2) is 4.57 Å². The molecule has 0 bridgehead atoms. The van der Waals surface area contributed by atoms with E-state index in [-0.39, 0.29) is 6.23 Å². The first-order valence-corrected chi connectivity index (χ1v) is 7.48. The second kappa shape index (κ2) is 7.41. The summed E-state index contributed by atoms with van der Waals surface area (Å²) in [6.07, 6.45) is 2.04. The number of hydrogen-bond acceptors (Lipinski definition) is 2. The van der Waals surface area contributed by atoms with Gasteiger partial charge in [0.15, 0.2) is 6.20 Å². The third-order valence-corrected chi connectivity index (χ3v) is 3.60. The quantitative estimate of drug-likeness (QED) is 0.375. The molecule has 0 radical (unpaired) electrons. The Hall–Kier alpha value is -1.61. The minimum absolute atomic E-state index is 0.0644. The molecule has 0 fully saturated rings. The van der Waals surface area contributed by atoms with Crippen molar-refractivity contribution in [3.63, 3.8) is 0 Å². The Morgan fingerprint density at radius 2 is 1.90 bits per heavy atom. The maximum absolute atomic E-state index is 5.86. The summed E-state index contributed by atoms with van der Waals surface area (Å²) in [4.78, 5) is 0. The third-order valence-electron chi connectivity index (χ3n) is 3.60. The van der Waals surface area contributed by atoms with Crippen LogP contribution in [0.4, 0.5) is 0 Å². The molecule has 21 heavy (non-hydrogen) atoms. The highest BCUT2D eigenvalue weighted by Gasteiger charge is 2.21. The van der Waals surface area contributed by atoms with Crippen molar-refractivity contribution in [2.24, 2.45) is 7.05 Å². The Morgan fingerprint density at radius 1 is 1.29 bits per heavy atom. The number of aromatic nitrogens is 1. The highest BCUT2D eigenvalue weighted by Crippen LogP contribution is 2.26. The largest absolute Gasteiger partial charge is 0.475 e. The minimum Gasteiger partial charge on any atom is -0.475 e. The lowest BCUT2D eigenvalue weighted by molar-refractivity contribution is -0.673. The maximum atomic E-state index is 5.86. The number of hydrogen-bond donors (Lipinski definition) is 1. The van der Waals surface area contributed by atoms with Crippen molar-refractivity contribution >= 4 is 5.57 Å². The Morgan fingerprint density at radius 3 is 2.38 bits per heavy atom. The molecule has 1 atom stereocenters. The number of ether oxygens (including phenoxy) is 1. The van der Waals surface area contributed by atoms with Crippen molar-refractivity contribution < 1.29 is 9.30 Å². The molecule has 1 aromatic rings. The summed E-state index contributed by atoms with van der Waals surface area (Å²) in [6, 6.07) is 4.39. The monoisotopic (exact) mass is 289 g/mol. The molecule has 1 unspecified atom stereocenters. The molecule has 0 saturated heterocycles. The fraction of sp³-hybridized carbons (Fsp3) is 0.500. The molecule has 3 heteroatoms. The van der Waals surface area contributed by atoms with Crippen LogP contribution in [0.25, 0.3) is 5.57 Å². The number of aryl methyl sites for hydroxylation is 1. The summed E-state index contributed by atoms with van der Waals surface area (Å²) in [5.74, 6) is 1.20. The van der Waals surface area contributed by atoms with Crippen molar-refractivity contribution in [2.45, 2.75) is 46.8 Å². The Kier molecular flexibility index (Phi) is 6.16. The van der Waals surface area contributed by atoms with E-state index >= 15 is 0 Å². The van der Waals surface area contributed by atoms with Crippen molar-refractivity contribution in [2.75, 3.05) is 7.05 Å². The molecular formula is C18H29N2O+. The van der Waals surface area contributed by atoms with Gasteiger partial charge in [-0.05, 0) is 39.3 Å². The van der Waals surface area contributed by atoms with Crippen molar-refractivity contribution in [1.82, 2.24) is 5.32 Å². The summed E-state index contributed by atoms with van der Waals surface area (Å²) in [6.45, 7) is 14.7. The van der Waals surface area contributed by atoms with Crippen LogP contribution in [0.1, 0.15) is 51.8 Å². The number of allylic oxidation sites excluding steroid dienone is 2. The average molecular weight is 289 g/mol. The van der Waals surface area contributed by atoms with Crippen LogP contribution in [-0.4, -0.2) is 13.3 Å². The highest BCUT2D eigenvalue weighted by atomic mass is 16.5. The van der Waals surface area contributed by atoms with E-state index in [0.29, 0.717) is 11.7 Å².